The Balaban J connectivity index is 2.23. The van der Waals surface area contributed by atoms with Crippen LogP contribution in [0.3, 0.4) is 0 Å². The lowest BCUT2D eigenvalue weighted by atomic mass is 10.2. The number of hydrogen-bond donors (Lipinski definition) is 0. The average Bonchev–Trinajstić information content (AvgIpc) is 2.91. The maximum absolute atomic E-state index is 13.2. The smallest absolute Gasteiger partial charge is 0.242 e. The summed E-state index contributed by atoms with van der Waals surface area (Å²) in [5.74, 6) is -0.728. The summed E-state index contributed by atoms with van der Waals surface area (Å²) in [6.45, 7) is 0.898. The lowest BCUT2D eigenvalue weighted by molar-refractivity contribution is 0.0979. The van der Waals surface area contributed by atoms with Crippen LogP contribution in [0.4, 0.5) is 4.39 Å². The second-order valence-electron chi connectivity index (χ2n) is 4.67. The molecule has 1 aliphatic heterocycles. The van der Waals surface area contributed by atoms with Gasteiger partial charge in [-0.15, -0.1) is 0 Å². The van der Waals surface area contributed by atoms with Gasteiger partial charge >= 0.3 is 0 Å². The maximum atomic E-state index is 13.2. The summed E-state index contributed by atoms with van der Waals surface area (Å²) in [7, 11) is -2.29. The van der Waals surface area contributed by atoms with Gasteiger partial charge in [-0.2, -0.15) is 9.57 Å². The van der Waals surface area contributed by atoms with Crippen molar-refractivity contribution in [1.29, 1.82) is 5.26 Å². The first-order valence-electron chi connectivity index (χ1n) is 6.22. The minimum Gasteiger partial charge on any atom is -0.377 e. The minimum absolute atomic E-state index is 0.0871. The van der Waals surface area contributed by atoms with Gasteiger partial charge in [0.2, 0.25) is 10.0 Å². The molecule has 1 aromatic carbocycles. The van der Waals surface area contributed by atoms with Crippen molar-refractivity contribution in [3.8, 4) is 6.07 Å². The number of rotatable bonds is 4. The van der Waals surface area contributed by atoms with Crippen LogP contribution in [0.25, 0.3) is 0 Å². The van der Waals surface area contributed by atoms with E-state index in [0.29, 0.717) is 6.61 Å². The lowest BCUT2D eigenvalue weighted by Gasteiger charge is -2.20. The first-order valence-corrected chi connectivity index (χ1v) is 7.67. The fraction of sp³-hybridized carbons (Fsp3) is 0.462. The number of likely N-dealkylation sites (N-methyl/N-ethyl adjacent to an activating group) is 1. The molecule has 2 rings (SSSR count). The van der Waals surface area contributed by atoms with Gasteiger partial charge < -0.3 is 4.74 Å². The van der Waals surface area contributed by atoms with Crippen molar-refractivity contribution in [3.05, 3.63) is 29.6 Å². The van der Waals surface area contributed by atoms with Crippen molar-refractivity contribution >= 4 is 10.0 Å². The summed E-state index contributed by atoms with van der Waals surface area (Å²) in [5.41, 5.74) is -0.281. The summed E-state index contributed by atoms with van der Waals surface area (Å²) in [5, 5.41) is 8.76. The van der Waals surface area contributed by atoms with Gasteiger partial charge in [0.15, 0.2) is 0 Å². The number of benzene rings is 1. The molecule has 0 radical (unpaired) electrons. The molecule has 20 heavy (non-hydrogen) atoms. The molecule has 108 valence electrons. The zero-order chi connectivity index (χ0) is 14.8. The molecule has 1 aliphatic rings. The summed E-state index contributed by atoms with van der Waals surface area (Å²) < 4.78 is 44.5. The Morgan fingerprint density at radius 2 is 2.30 bits per heavy atom. The Morgan fingerprint density at radius 1 is 1.55 bits per heavy atom. The quantitative estimate of drug-likeness (QED) is 0.844. The number of nitriles is 1. The highest BCUT2D eigenvalue weighted by Crippen LogP contribution is 2.20. The van der Waals surface area contributed by atoms with Gasteiger partial charge in [0.25, 0.3) is 0 Å². The molecule has 1 fully saturated rings. The van der Waals surface area contributed by atoms with Crippen LogP contribution in [0.15, 0.2) is 23.1 Å². The zero-order valence-electron chi connectivity index (χ0n) is 11.0. The highest BCUT2D eigenvalue weighted by Gasteiger charge is 2.26. The molecule has 1 unspecified atom stereocenters. The van der Waals surface area contributed by atoms with E-state index in [1.165, 1.54) is 11.4 Å². The topological polar surface area (TPSA) is 70.4 Å². The Bertz CT molecular complexity index is 634. The van der Waals surface area contributed by atoms with E-state index in [9.17, 15) is 12.8 Å². The van der Waals surface area contributed by atoms with E-state index >= 15 is 0 Å². The Morgan fingerprint density at radius 3 is 2.90 bits per heavy atom. The van der Waals surface area contributed by atoms with Gasteiger partial charge in [-0.1, -0.05) is 0 Å². The lowest BCUT2D eigenvalue weighted by Crippen LogP contribution is -2.34. The van der Waals surface area contributed by atoms with E-state index in [0.717, 1.165) is 31.0 Å². The molecule has 1 heterocycles. The second-order valence-corrected chi connectivity index (χ2v) is 6.72. The molecule has 0 aliphatic carbocycles. The third kappa shape index (κ3) is 2.98. The van der Waals surface area contributed by atoms with E-state index in [1.54, 1.807) is 6.07 Å². The van der Waals surface area contributed by atoms with E-state index in [2.05, 4.69) is 0 Å². The highest BCUT2D eigenvalue weighted by molar-refractivity contribution is 7.89. The molecule has 0 aromatic heterocycles. The molecule has 0 saturated carbocycles. The van der Waals surface area contributed by atoms with Crippen LogP contribution >= 0.6 is 0 Å². The van der Waals surface area contributed by atoms with Crippen LogP contribution in [0, 0.1) is 17.1 Å². The third-order valence-electron chi connectivity index (χ3n) is 3.25. The molecule has 0 N–H and O–H groups in total. The zero-order valence-corrected chi connectivity index (χ0v) is 11.9. The molecule has 1 aromatic rings. The van der Waals surface area contributed by atoms with E-state index in [1.807, 2.05) is 0 Å². The van der Waals surface area contributed by atoms with Crippen LogP contribution in [0.1, 0.15) is 18.4 Å². The van der Waals surface area contributed by atoms with E-state index in [4.69, 9.17) is 10.00 Å². The molecular formula is C13H15FN2O3S. The number of hydrogen-bond acceptors (Lipinski definition) is 4. The molecular weight excluding hydrogens is 283 g/mol. The van der Waals surface area contributed by atoms with Crippen LogP contribution in [0.5, 0.6) is 0 Å². The third-order valence-corrected chi connectivity index (χ3v) is 5.07. The number of halogens is 1. The summed E-state index contributed by atoms with van der Waals surface area (Å²) in [6.07, 6.45) is 1.64. The fourth-order valence-corrected chi connectivity index (χ4v) is 3.33. The van der Waals surface area contributed by atoms with Gasteiger partial charge in [-0.25, -0.2) is 12.8 Å². The second kappa shape index (κ2) is 5.87. The standard InChI is InChI=1S/C13H15FN2O3S/c1-16(9-11-3-2-6-19-11)20(17,18)12-4-5-13(14)10(7-12)8-15/h4-5,7,11H,2-3,6,9H2,1H3. The number of sulfonamides is 1. The van der Waals surface area contributed by atoms with Gasteiger partial charge in [-0.3, -0.25) is 0 Å². The normalized spacial score (nSPS) is 19.2. The Kier molecular flexibility index (Phi) is 4.38. The van der Waals surface area contributed by atoms with E-state index < -0.39 is 15.8 Å². The molecule has 0 spiro atoms. The first-order chi connectivity index (χ1) is 9.45. The van der Waals surface area contributed by atoms with Crippen molar-refractivity contribution in [2.24, 2.45) is 0 Å². The van der Waals surface area contributed by atoms with Crippen LogP contribution in [0.2, 0.25) is 0 Å². The van der Waals surface area contributed by atoms with Crippen molar-refractivity contribution in [3.63, 3.8) is 0 Å². The largest absolute Gasteiger partial charge is 0.377 e. The van der Waals surface area contributed by atoms with Crippen LogP contribution in [-0.2, 0) is 14.8 Å². The van der Waals surface area contributed by atoms with Gasteiger partial charge in [0, 0.05) is 20.2 Å². The molecule has 5 nitrogen and oxygen atoms in total. The Labute approximate surface area is 117 Å². The predicted octanol–water partition coefficient (Wildman–Crippen LogP) is 1.50. The molecule has 0 amide bonds. The fourth-order valence-electron chi connectivity index (χ4n) is 2.10. The summed E-state index contributed by atoms with van der Waals surface area (Å²) in [6, 6.07) is 4.84. The van der Waals surface area contributed by atoms with Crippen molar-refractivity contribution in [1.82, 2.24) is 4.31 Å². The number of nitrogens with zero attached hydrogens (tertiary/aromatic N) is 2. The van der Waals surface area contributed by atoms with Crippen molar-refractivity contribution < 1.29 is 17.5 Å². The molecule has 1 saturated heterocycles. The van der Waals surface area contributed by atoms with Crippen LogP contribution in [-0.4, -0.2) is 39.0 Å². The minimum atomic E-state index is -3.74. The first kappa shape index (κ1) is 14.9. The summed E-state index contributed by atoms with van der Waals surface area (Å²) >= 11 is 0. The maximum Gasteiger partial charge on any atom is 0.242 e. The highest BCUT2D eigenvalue weighted by atomic mass is 32.2. The Hall–Kier alpha value is -1.49. The van der Waals surface area contributed by atoms with Gasteiger partial charge in [-0.05, 0) is 31.0 Å². The average molecular weight is 298 g/mol. The molecule has 0 bridgehead atoms. The van der Waals surface area contributed by atoms with Gasteiger partial charge in [0.1, 0.15) is 11.9 Å². The van der Waals surface area contributed by atoms with E-state index in [-0.39, 0.29) is 23.1 Å². The predicted molar refractivity (Wildman–Crippen MR) is 69.9 cm³/mol. The van der Waals surface area contributed by atoms with Crippen molar-refractivity contribution in [2.75, 3.05) is 20.2 Å². The van der Waals surface area contributed by atoms with Gasteiger partial charge in [0.05, 0.1) is 16.6 Å². The monoisotopic (exact) mass is 298 g/mol. The van der Waals surface area contributed by atoms with Crippen LogP contribution < -0.4 is 0 Å². The summed E-state index contributed by atoms with van der Waals surface area (Å²) in [4.78, 5) is -0.0871. The molecule has 7 heteroatoms. The SMILES string of the molecule is CN(CC1CCCO1)S(=O)(=O)c1ccc(F)c(C#N)c1. The van der Waals surface area contributed by atoms with Crippen molar-refractivity contribution in [2.45, 2.75) is 23.8 Å². The number of ether oxygens (including phenoxy) is 1. The molecule has 1 atom stereocenters.